The van der Waals surface area contributed by atoms with E-state index in [9.17, 15) is 18.3 Å². The predicted octanol–water partition coefficient (Wildman–Crippen LogP) is 4.70. The Balaban J connectivity index is 0.00000185. The van der Waals surface area contributed by atoms with E-state index in [1.807, 2.05) is 43.3 Å². The van der Waals surface area contributed by atoms with E-state index in [2.05, 4.69) is 5.32 Å². The number of ether oxygens (including phenoxy) is 2. The number of aliphatic hydroxyl groups excluding tert-OH is 1. The van der Waals surface area contributed by atoms with Crippen molar-refractivity contribution in [1.29, 1.82) is 0 Å². The monoisotopic (exact) mass is 538 g/mol. The van der Waals surface area contributed by atoms with Gasteiger partial charge in [-0.05, 0) is 91.3 Å². The summed E-state index contributed by atoms with van der Waals surface area (Å²) in [6.07, 6.45) is 2.94. The molecule has 202 valence electrons. The molecule has 3 aliphatic rings. The van der Waals surface area contributed by atoms with E-state index in [0.29, 0.717) is 30.2 Å². The molecular formula is C29H34N2O6S. The Morgan fingerprint density at radius 3 is 2.58 bits per heavy atom. The van der Waals surface area contributed by atoms with Gasteiger partial charge in [0.2, 0.25) is 22.7 Å². The van der Waals surface area contributed by atoms with Crippen LogP contribution in [0.25, 0.3) is 11.1 Å². The maximum absolute atomic E-state index is 13.4. The molecule has 1 amide bonds. The van der Waals surface area contributed by atoms with Crippen LogP contribution in [0.4, 0.5) is 5.69 Å². The number of carbonyl (C=O) groups is 1. The highest BCUT2D eigenvalue weighted by Gasteiger charge is 2.51. The summed E-state index contributed by atoms with van der Waals surface area (Å²) in [7, 11) is -3.67. The second-order valence-electron chi connectivity index (χ2n) is 10.3. The Kier molecular flexibility index (Phi) is 6.17. The van der Waals surface area contributed by atoms with Crippen molar-refractivity contribution < 1.29 is 30.6 Å². The van der Waals surface area contributed by atoms with Gasteiger partial charge in [0.25, 0.3) is 0 Å². The third-order valence-corrected chi connectivity index (χ3v) is 9.88. The molecule has 1 atom stereocenters. The van der Waals surface area contributed by atoms with Crippen molar-refractivity contribution in [3.05, 3.63) is 71.8 Å². The molecule has 3 aromatic rings. The number of nitrogens with zero attached hydrogens (tertiary/aromatic N) is 1. The summed E-state index contributed by atoms with van der Waals surface area (Å²) < 4.78 is 38.6. The van der Waals surface area contributed by atoms with Crippen LogP contribution in [0.1, 0.15) is 39.7 Å². The average Bonchev–Trinajstić information content (AvgIpc) is 3.36. The van der Waals surface area contributed by atoms with Gasteiger partial charge in [0.05, 0.1) is 16.9 Å². The SMILES string of the molecule is Cc1ccc(NC(=O)C2(c3ccc4c(c3)OCO4)CC2)cc1-c1ccc(S(=O)(=O)N2CCC[C@@H]2CO)cc1.[HH].[HH]. The number of sulfonamides is 1. The van der Waals surface area contributed by atoms with Crippen molar-refractivity contribution in [3.8, 4) is 22.6 Å². The summed E-state index contributed by atoms with van der Waals surface area (Å²) >= 11 is 0. The standard InChI is InChI=1S/C29H30N2O6S.2H2/c1-19-4-8-22(30-28(33)29(12-13-29)21-7-11-26-27(15-21)37-18-36-26)16-25(19)20-5-9-24(10-6-20)38(34,35)31-14-2-3-23(31)17-32;;/h4-11,15-16,23,32H,2-3,12-14,17-18H2,1H3,(H,30,33);2*1H/t23-;;/m1../s1. The fourth-order valence-electron chi connectivity index (χ4n) is 5.48. The number of rotatable bonds is 7. The lowest BCUT2D eigenvalue weighted by Gasteiger charge is -2.22. The number of aliphatic hydroxyl groups is 1. The van der Waals surface area contributed by atoms with Crippen LogP contribution in [-0.2, 0) is 20.2 Å². The second-order valence-corrected chi connectivity index (χ2v) is 12.1. The summed E-state index contributed by atoms with van der Waals surface area (Å²) in [6, 6.07) is 17.9. The van der Waals surface area contributed by atoms with Gasteiger partial charge in [0.1, 0.15) is 0 Å². The molecule has 2 aliphatic heterocycles. The summed E-state index contributed by atoms with van der Waals surface area (Å²) in [5.41, 5.74) is 3.80. The van der Waals surface area contributed by atoms with Gasteiger partial charge in [0.15, 0.2) is 11.5 Å². The number of amides is 1. The first kappa shape index (κ1) is 24.9. The van der Waals surface area contributed by atoms with E-state index < -0.39 is 15.4 Å². The maximum Gasteiger partial charge on any atom is 0.243 e. The molecule has 0 unspecified atom stereocenters. The lowest BCUT2D eigenvalue weighted by Crippen LogP contribution is -2.37. The largest absolute Gasteiger partial charge is 0.454 e. The number of carbonyl (C=O) groups excluding carboxylic acids is 1. The molecule has 1 aliphatic carbocycles. The van der Waals surface area contributed by atoms with E-state index in [-0.39, 0.29) is 33.1 Å². The van der Waals surface area contributed by atoms with E-state index in [1.165, 1.54) is 4.31 Å². The highest BCUT2D eigenvalue weighted by atomic mass is 32.2. The zero-order valence-electron chi connectivity index (χ0n) is 21.1. The van der Waals surface area contributed by atoms with Gasteiger partial charge in [-0.25, -0.2) is 8.42 Å². The Morgan fingerprint density at radius 2 is 1.84 bits per heavy atom. The first-order chi connectivity index (χ1) is 18.3. The lowest BCUT2D eigenvalue weighted by atomic mass is 9.94. The van der Waals surface area contributed by atoms with Gasteiger partial charge in [0, 0.05) is 21.1 Å². The first-order valence-electron chi connectivity index (χ1n) is 12.9. The van der Waals surface area contributed by atoms with Crippen molar-refractivity contribution in [3.63, 3.8) is 0 Å². The lowest BCUT2D eigenvalue weighted by molar-refractivity contribution is -0.118. The number of hydrogen-bond acceptors (Lipinski definition) is 6. The van der Waals surface area contributed by atoms with Crippen molar-refractivity contribution in [1.82, 2.24) is 4.31 Å². The molecule has 2 heterocycles. The van der Waals surface area contributed by atoms with Crippen LogP contribution in [0.5, 0.6) is 11.5 Å². The number of anilines is 1. The van der Waals surface area contributed by atoms with Gasteiger partial charge in [-0.3, -0.25) is 4.79 Å². The Bertz CT molecular complexity index is 1510. The quantitative estimate of drug-likeness (QED) is 0.452. The second kappa shape index (κ2) is 9.41. The van der Waals surface area contributed by atoms with Crippen LogP contribution in [0.3, 0.4) is 0 Å². The average molecular weight is 539 g/mol. The number of aryl methyl sites for hydroxylation is 1. The summed E-state index contributed by atoms with van der Waals surface area (Å²) in [4.78, 5) is 13.6. The van der Waals surface area contributed by atoms with Crippen LogP contribution < -0.4 is 14.8 Å². The van der Waals surface area contributed by atoms with Gasteiger partial charge < -0.3 is 19.9 Å². The highest BCUT2D eigenvalue weighted by molar-refractivity contribution is 7.89. The number of hydrogen-bond donors (Lipinski definition) is 2. The Hall–Kier alpha value is -3.40. The summed E-state index contributed by atoms with van der Waals surface area (Å²) in [6.45, 7) is 2.42. The fraction of sp³-hybridized carbons (Fsp3) is 0.345. The predicted molar refractivity (Wildman–Crippen MR) is 147 cm³/mol. The van der Waals surface area contributed by atoms with Crippen LogP contribution in [0.2, 0.25) is 0 Å². The van der Waals surface area contributed by atoms with Crippen LogP contribution >= 0.6 is 0 Å². The van der Waals surface area contributed by atoms with Crippen LogP contribution in [-0.4, -0.2) is 49.7 Å². The fourth-order valence-corrected chi connectivity index (χ4v) is 7.16. The molecule has 1 saturated carbocycles. The summed E-state index contributed by atoms with van der Waals surface area (Å²) in [5, 5.41) is 12.7. The Morgan fingerprint density at radius 1 is 1.08 bits per heavy atom. The molecular weight excluding hydrogens is 504 g/mol. The smallest absolute Gasteiger partial charge is 0.243 e. The van der Waals surface area contributed by atoms with Crippen molar-refractivity contribution >= 4 is 21.6 Å². The molecule has 1 saturated heterocycles. The van der Waals surface area contributed by atoms with Gasteiger partial charge >= 0.3 is 0 Å². The minimum atomic E-state index is -3.67. The zero-order chi connectivity index (χ0) is 26.5. The Labute approximate surface area is 225 Å². The third kappa shape index (κ3) is 4.24. The number of benzene rings is 3. The molecule has 2 N–H and O–H groups in total. The normalized spacial score (nSPS) is 19.9. The van der Waals surface area contributed by atoms with E-state index >= 15 is 0 Å². The highest BCUT2D eigenvalue weighted by Crippen LogP contribution is 2.51. The van der Waals surface area contributed by atoms with E-state index in [4.69, 9.17) is 9.47 Å². The molecule has 0 bridgehead atoms. The zero-order valence-corrected chi connectivity index (χ0v) is 22.0. The van der Waals surface area contributed by atoms with Crippen molar-refractivity contribution in [2.24, 2.45) is 0 Å². The van der Waals surface area contributed by atoms with Crippen molar-refractivity contribution in [2.45, 2.75) is 49.0 Å². The molecule has 8 nitrogen and oxygen atoms in total. The molecule has 38 heavy (non-hydrogen) atoms. The topological polar surface area (TPSA) is 105 Å². The first-order valence-corrected chi connectivity index (χ1v) is 14.3. The minimum absolute atomic E-state index is 0. The summed E-state index contributed by atoms with van der Waals surface area (Å²) in [5.74, 6) is 1.30. The number of fused-ring (bicyclic) bond motifs is 1. The maximum atomic E-state index is 13.4. The molecule has 0 spiro atoms. The minimum Gasteiger partial charge on any atom is -0.454 e. The molecule has 6 rings (SSSR count). The third-order valence-electron chi connectivity index (χ3n) is 7.91. The van der Waals surface area contributed by atoms with E-state index in [0.717, 1.165) is 41.5 Å². The molecule has 0 aromatic heterocycles. The molecule has 3 aromatic carbocycles. The van der Waals surface area contributed by atoms with Crippen molar-refractivity contribution in [2.75, 3.05) is 25.3 Å². The molecule has 0 radical (unpaired) electrons. The van der Waals surface area contributed by atoms with Gasteiger partial charge in [-0.2, -0.15) is 4.31 Å². The van der Waals surface area contributed by atoms with Gasteiger partial charge in [-0.15, -0.1) is 0 Å². The molecule has 9 heteroatoms. The van der Waals surface area contributed by atoms with Gasteiger partial charge in [-0.1, -0.05) is 24.3 Å². The number of nitrogens with one attached hydrogen (secondary N) is 1. The van der Waals surface area contributed by atoms with E-state index in [1.54, 1.807) is 24.3 Å². The molecule has 2 fully saturated rings. The van der Waals surface area contributed by atoms with Crippen LogP contribution in [0.15, 0.2) is 65.6 Å². The van der Waals surface area contributed by atoms with Crippen LogP contribution in [0, 0.1) is 6.92 Å².